The summed E-state index contributed by atoms with van der Waals surface area (Å²) in [5.74, 6) is 0.221. The Kier molecular flexibility index (Phi) is 5.86. The fraction of sp³-hybridized carbons (Fsp3) is 0.579. The number of hydrogen-bond donors (Lipinski definition) is 2. The van der Waals surface area contributed by atoms with Crippen molar-refractivity contribution in [1.29, 1.82) is 0 Å². The Hall–Kier alpha value is -2.04. The third kappa shape index (κ3) is 5.55. The molecule has 1 fully saturated rings. The first kappa shape index (κ1) is 18.3. The Balaban J connectivity index is 1.89. The summed E-state index contributed by atoms with van der Waals surface area (Å²) in [6.07, 6.45) is 3.03. The Morgan fingerprint density at radius 1 is 1.33 bits per heavy atom. The molecule has 0 aliphatic heterocycles. The van der Waals surface area contributed by atoms with E-state index >= 15 is 0 Å². The highest BCUT2D eigenvalue weighted by Crippen LogP contribution is 2.41. The second-order valence-corrected chi connectivity index (χ2v) is 7.66. The summed E-state index contributed by atoms with van der Waals surface area (Å²) in [6, 6.07) is 7.15. The van der Waals surface area contributed by atoms with E-state index in [4.69, 9.17) is 9.84 Å². The van der Waals surface area contributed by atoms with Crippen LogP contribution < -0.4 is 10.1 Å². The number of ether oxygens (including phenoxy) is 1. The molecule has 24 heavy (non-hydrogen) atoms. The third-order valence-electron chi connectivity index (χ3n) is 4.49. The molecule has 1 aromatic carbocycles. The predicted molar refractivity (Wildman–Crippen MR) is 91.7 cm³/mol. The van der Waals surface area contributed by atoms with E-state index in [-0.39, 0.29) is 23.8 Å². The monoisotopic (exact) mass is 333 g/mol. The minimum Gasteiger partial charge on any atom is -0.482 e. The van der Waals surface area contributed by atoms with E-state index in [1.165, 1.54) is 6.42 Å². The van der Waals surface area contributed by atoms with Gasteiger partial charge in [0.25, 0.3) is 0 Å². The molecular weight excluding hydrogens is 306 g/mol. The first-order valence-corrected chi connectivity index (χ1v) is 8.46. The van der Waals surface area contributed by atoms with Gasteiger partial charge in [-0.3, -0.25) is 4.79 Å². The average Bonchev–Trinajstić information content (AvgIpc) is 2.49. The summed E-state index contributed by atoms with van der Waals surface area (Å²) in [5.41, 5.74) is 1.11. The summed E-state index contributed by atoms with van der Waals surface area (Å²) >= 11 is 0. The number of amides is 1. The minimum absolute atomic E-state index is 0.0650. The highest BCUT2D eigenvalue weighted by molar-refractivity contribution is 5.78. The van der Waals surface area contributed by atoms with E-state index in [2.05, 4.69) is 26.1 Å². The van der Waals surface area contributed by atoms with Crippen LogP contribution in [0.5, 0.6) is 5.75 Å². The van der Waals surface area contributed by atoms with Gasteiger partial charge in [0.1, 0.15) is 5.75 Å². The number of rotatable bonds is 6. The maximum Gasteiger partial charge on any atom is 0.341 e. The molecule has 0 bridgehead atoms. The molecule has 0 spiro atoms. The van der Waals surface area contributed by atoms with E-state index in [0.717, 1.165) is 18.4 Å². The largest absolute Gasteiger partial charge is 0.482 e. The fourth-order valence-electron chi connectivity index (χ4n) is 3.77. The quantitative estimate of drug-likeness (QED) is 0.838. The summed E-state index contributed by atoms with van der Waals surface area (Å²) in [6.45, 7) is 6.72. The molecule has 2 rings (SSSR count). The highest BCUT2D eigenvalue weighted by Gasteiger charge is 2.35. The van der Waals surface area contributed by atoms with Gasteiger partial charge in [-0.05, 0) is 48.3 Å². The lowest BCUT2D eigenvalue weighted by molar-refractivity contribution is -0.139. The van der Waals surface area contributed by atoms with Crippen LogP contribution in [0.15, 0.2) is 24.3 Å². The summed E-state index contributed by atoms with van der Waals surface area (Å²) in [4.78, 5) is 23.0. The molecule has 5 nitrogen and oxygen atoms in total. The summed E-state index contributed by atoms with van der Waals surface area (Å²) in [5, 5.41) is 11.7. The number of nitrogens with one attached hydrogen (secondary N) is 1. The molecule has 1 aliphatic carbocycles. The van der Waals surface area contributed by atoms with E-state index in [1.54, 1.807) is 18.2 Å². The van der Waals surface area contributed by atoms with Crippen molar-refractivity contribution in [3.63, 3.8) is 0 Å². The van der Waals surface area contributed by atoms with Gasteiger partial charge in [-0.1, -0.05) is 32.9 Å². The molecule has 2 N–H and O–H groups in total. The average molecular weight is 333 g/mol. The van der Waals surface area contributed by atoms with Gasteiger partial charge < -0.3 is 15.2 Å². The van der Waals surface area contributed by atoms with Crippen molar-refractivity contribution in [3.8, 4) is 5.75 Å². The second-order valence-electron chi connectivity index (χ2n) is 7.66. The van der Waals surface area contributed by atoms with Crippen LogP contribution in [0, 0.1) is 17.3 Å². The molecule has 1 aliphatic rings. The van der Waals surface area contributed by atoms with Crippen LogP contribution in [-0.2, 0) is 16.1 Å². The Bertz CT molecular complexity index is 597. The van der Waals surface area contributed by atoms with Gasteiger partial charge in [-0.2, -0.15) is 0 Å². The van der Waals surface area contributed by atoms with Crippen molar-refractivity contribution in [2.45, 2.75) is 46.6 Å². The van der Waals surface area contributed by atoms with Crippen LogP contribution in [0.1, 0.15) is 45.6 Å². The van der Waals surface area contributed by atoms with Crippen molar-refractivity contribution in [1.82, 2.24) is 5.32 Å². The molecule has 0 heterocycles. The van der Waals surface area contributed by atoms with Crippen molar-refractivity contribution in [2.75, 3.05) is 6.61 Å². The number of carbonyl (C=O) groups is 2. The van der Waals surface area contributed by atoms with E-state index in [0.29, 0.717) is 18.2 Å². The van der Waals surface area contributed by atoms with Gasteiger partial charge in [0.15, 0.2) is 6.61 Å². The molecule has 2 atom stereocenters. The second kappa shape index (κ2) is 7.69. The lowest BCUT2D eigenvalue weighted by Gasteiger charge is -2.38. The first-order valence-electron chi connectivity index (χ1n) is 8.46. The zero-order valence-electron chi connectivity index (χ0n) is 14.7. The number of carboxylic acid groups (broad SMARTS) is 1. The van der Waals surface area contributed by atoms with Crippen molar-refractivity contribution < 1.29 is 19.4 Å². The van der Waals surface area contributed by atoms with Crippen molar-refractivity contribution in [2.24, 2.45) is 17.3 Å². The maximum absolute atomic E-state index is 12.5. The van der Waals surface area contributed by atoms with Crippen LogP contribution in [0.2, 0.25) is 0 Å². The molecule has 0 radical (unpaired) electrons. The topological polar surface area (TPSA) is 75.6 Å². The Morgan fingerprint density at radius 3 is 2.75 bits per heavy atom. The maximum atomic E-state index is 12.5. The van der Waals surface area contributed by atoms with Gasteiger partial charge in [0.2, 0.25) is 5.91 Å². The molecule has 0 aromatic heterocycles. The van der Waals surface area contributed by atoms with Crippen LogP contribution in [0.4, 0.5) is 0 Å². The molecule has 132 valence electrons. The first-order chi connectivity index (χ1) is 11.2. The molecule has 5 heteroatoms. The van der Waals surface area contributed by atoms with E-state index < -0.39 is 5.97 Å². The summed E-state index contributed by atoms with van der Waals surface area (Å²) < 4.78 is 5.16. The molecule has 0 unspecified atom stereocenters. The molecule has 1 aromatic rings. The number of carbonyl (C=O) groups excluding carboxylic acids is 1. The van der Waals surface area contributed by atoms with Gasteiger partial charge in [-0.15, -0.1) is 0 Å². The molecule has 1 amide bonds. The smallest absolute Gasteiger partial charge is 0.341 e. The predicted octanol–water partition coefficient (Wildman–Crippen LogP) is 3.23. The molecule has 0 saturated heterocycles. The lowest BCUT2D eigenvalue weighted by Crippen LogP contribution is -2.38. The number of carboxylic acids is 1. The lowest BCUT2D eigenvalue weighted by atomic mass is 9.68. The van der Waals surface area contributed by atoms with Gasteiger partial charge >= 0.3 is 5.97 Å². The molecular formula is C19H27NO4. The van der Waals surface area contributed by atoms with Crippen LogP contribution in [0.25, 0.3) is 0 Å². The zero-order valence-corrected chi connectivity index (χ0v) is 14.7. The van der Waals surface area contributed by atoms with Crippen LogP contribution in [0.3, 0.4) is 0 Å². The SMILES string of the molecule is C[C@@H]1C[C@H](C(=O)NCc2cccc(OCC(=O)O)c2)CC(C)(C)C1. The van der Waals surface area contributed by atoms with Crippen LogP contribution >= 0.6 is 0 Å². The summed E-state index contributed by atoms with van der Waals surface area (Å²) in [7, 11) is 0. The van der Waals surface area contributed by atoms with E-state index in [1.807, 2.05) is 6.07 Å². The molecule has 1 saturated carbocycles. The van der Waals surface area contributed by atoms with Crippen LogP contribution in [-0.4, -0.2) is 23.6 Å². The van der Waals surface area contributed by atoms with Crippen molar-refractivity contribution >= 4 is 11.9 Å². The Morgan fingerprint density at radius 2 is 2.08 bits per heavy atom. The normalized spacial score (nSPS) is 22.6. The van der Waals surface area contributed by atoms with Gasteiger partial charge in [0, 0.05) is 12.5 Å². The standard InChI is InChI=1S/C19H27NO4/c1-13-7-15(10-19(2,3)9-13)18(23)20-11-14-5-4-6-16(8-14)24-12-17(21)22/h4-6,8,13,15H,7,9-12H2,1-3H3,(H,20,23)(H,21,22)/t13-,15+/m1/s1. The number of hydrogen-bond acceptors (Lipinski definition) is 3. The minimum atomic E-state index is -1.01. The highest BCUT2D eigenvalue weighted by atomic mass is 16.5. The Labute approximate surface area is 143 Å². The number of aliphatic carboxylic acids is 1. The van der Waals surface area contributed by atoms with E-state index in [9.17, 15) is 9.59 Å². The third-order valence-corrected chi connectivity index (χ3v) is 4.49. The number of benzene rings is 1. The fourth-order valence-corrected chi connectivity index (χ4v) is 3.77. The van der Waals surface area contributed by atoms with Gasteiger partial charge in [-0.25, -0.2) is 4.79 Å². The van der Waals surface area contributed by atoms with Gasteiger partial charge in [0.05, 0.1) is 0 Å². The zero-order chi connectivity index (χ0) is 17.7. The van der Waals surface area contributed by atoms with Crippen molar-refractivity contribution in [3.05, 3.63) is 29.8 Å².